The summed E-state index contributed by atoms with van der Waals surface area (Å²) in [6.07, 6.45) is 3.05. The molecule has 0 heterocycles. The average Bonchev–Trinajstić information content (AvgIpc) is 2.64. The Morgan fingerprint density at radius 1 is 0.923 bits per heavy atom. The number of carbonyl (C=O) groups is 3. The molecule has 2 aromatic carbocycles. The third kappa shape index (κ3) is 5.04. The highest BCUT2D eigenvalue weighted by Crippen LogP contribution is 2.17. The molecule has 6 heteroatoms. The van der Waals surface area contributed by atoms with E-state index >= 15 is 0 Å². The zero-order valence-electron chi connectivity index (χ0n) is 14.7. The third-order valence-corrected chi connectivity index (χ3v) is 3.51. The fraction of sp³-hybridized carbons (Fsp3) is 0.150. The molecule has 134 valence electrons. The van der Waals surface area contributed by atoms with Crippen LogP contribution in [0.2, 0.25) is 0 Å². The minimum absolute atomic E-state index is 0.133. The van der Waals surface area contributed by atoms with Gasteiger partial charge in [0.1, 0.15) is 0 Å². The Morgan fingerprint density at radius 2 is 1.54 bits per heavy atom. The largest absolute Gasteiger partial charge is 0.465 e. The van der Waals surface area contributed by atoms with Crippen LogP contribution in [0.3, 0.4) is 0 Å². The van der Waals surface area contributed by atoms with Gasteiger partial charge >= 0.3 is 11.9 Å². The summed E-state index contributed by atoms with van der Waals surface area (Å²) in [7, 11) is 2.46. The molecule has 0 aromatic heterocycles. The minimum atomic E-state index is -0.624. The molecule has 0 saturated carbocycles. The number of hydrogen-bond donors (Lipinski definition) is 1. The normalized spacial score (nSPS) is 10.4. The lowest BCUT2D eigenvalue weighted by atomic mass is 10.1. The number of anilines is 1. The molecule has 0 atom stereocenters. The van der Waals surface area contributed by atoms with Crippen molar-refractivity contribution in [3.8, 4) is 0 Å². The second kappa shape index (κ2) is 8.62. The van der Waals surface area contributed by atoms with Gasteiger partial charge in [0.15, 0.2) is 0 Å². The van der Waals surface area contributed by atoms with E-state index in [0.717, 1.165) is 11.1 Å². The summed E-state index contributed by atoms with van der Waals surface area (Å²) in [5, 5.41) is 2.62. The monoisotopic (exact) mass is 353 g/mol. The van der Waals surface area contributed by atoms with Crippen LogP contribution in [0.15, 0.2) is 48.5 Å². The molecule has 2 aromatic rings. The van der Waals surface area contributed by atoms with E-state index in [4.69, 9.17) is 0 Å². The van der Waals surface area contributed by atoms with Crippen molar-refractivity contribution in [1.29, 1.82) is 0 Å². The Labute approximate surface area is 151 Å². The number of benzene rings is 2. The van der Waals surface area contributed by atoms with Crippen molar-refractivity contribution in [3.05, 3.63) is 70.8 Å². The SMILES string of the molecule is COC(=O)c1cc(NC(=O)/C=C/c2cccc(C)c2)cc(C(=O)OC)c1. The Hall–Kier alpha value is -3.41. The van der Waals surface area contributed by atoms with Crippen LogP contribution in [0, 0.1) is 6.92 Å². The Balaban J connectivity index is 2.22. The van der Waals surface area contributed by atoms with Gasteiger partial charge in [0.2, 0.25) is 5.91 Å². The number of nitrogens with one attached hydrogen (secondary N) is 1. The standard InChI is InChI=1S/C20H19NO5/c1-13-5-4-6-14(9-13)7-8-18(22)21-17-11-15(19(23)25-2)10-16(12-17)20(24)26-3/h4-12H,1-3H3,(H,21,22)/b8-7+. The van der Waals surface area contributed by atoms with Crippen LogP contribution in [0.25, 0.3) is 6.08 Å². The first-order valence-corrected chi connectivity index (χ1v) is 7.80. The molecule has 2 rings (SSSR count). The molecular formula is C20H19NO5. The lowest BCUT2D eigenvalue weighted by molar-refractivity contribution is -0.111. The van der Waals surface area contributed by atoms with Gasteiger partial charge in [-0.3, -0.25) is 4.79 Å². The van der Waals surface area contributed by atoms with Gasteiger partial charge in [-0.05, 0) is 36.8 Å². The van der Waals surface area contributed by atoms with E-state index in [1.165, 1.54) is 38.5 Å². The highest BCUT2D eigenvalue weighted by Gasteiger charge is 2.14. The van der Waals surface area contributed by atoms with E-state index in [0.29, 0.717) is 0 Å². The van der Waals surface area contributed by atoms with Crippen LogP contribution in [-0.4, -0.2) is 32.1 Å². The smallest absolute Gasteiger partial charge is 0.337 e. The van der Waals surface area contributed by atoms with Crippen LogP contribution in [0.5, 0.6) is 0 Å². The summed E-state index contributed by atoms with van der Waals surface area (Å²) in [5.74, 6) is -1.65. The van der Waals surface area contributed by atoms with Crippen LogP contribution in [0.1, 0.15) is 31.8 Å². The van der Waals surface area contributed by atoms with E-state index < -0.39 is 17.8 Å². The van der Waals surface area contributed by atoms with Gasteiger partial charge in [0.05, 0.1) is 25.3 Å². The first-order chi connectivity index (χ1) is 12.4. The number of amides is 1. The number of methoxy groups -OCH3 is 2. The highest BCUT2D eigenvalue weighted by molar-refractivity contribution is 6.04. The molecule has 0 fully saturated rings. The summed E-state index contributed by atoms with van der Waals surface area (Å²) in [4.78, 5) is 35.7. The quantitative estimate of drug-likeness (QED) is 0.659. The van der Waals surface area contributed by atoms with E-state index in [2.05, 4.69) is 14.8 Å². The van der Waals surface area contributed by atoms with Gasteiger partial charge in [-0.2, -0.15) is 0 Å². The summed E-state index contributed by atoms with van der Waals surface area (Å²) in [5.41, 5.74) is 2.52. The number of aryl methyl sites for hydroxylation is 1. The van der Waals surface area contributed by atoms with E-state index in [-0.39, 0.29) is 16.8 Å². The molecule has 26 heavy (non-hydrogen) atoms. The third-order valence-electron chi connectivity index (χ3n) is 3.51. The molecule has 6 nitrogen and oxygen atoms in total. The van der Waals surface area contributed by atoms with Crippen molar-refractivity contribution >= 4 is 29.6 Å². The van der Waals surface area contributed by atoms with E-state index in [1.807, 2.05) is 31.2 Å². The van der Waals surface area contributed by atoms with Crippen molar-refractivity contribution in [1.82, 2.24) is 0 Å². The van der Waals surface area contributed by atoms with Crippen LogP contribution in [0.4, 0.5) is 5.69 Å². The van der Waals surface area contributed by atoms with Gasteiger partial charge in [0.25, 0.3) is 0 Å². The van der Waals surface area contributed by atoms with Crippen LogP contribution >= 0.6 is 0 Å². The molecule has 0 aliphatic rings. The zero-order valence-corrected chi connectivity index (χ0v) is 14.7. The topological polar surface area (TPSA) is 81.7 Å². The van der Waals surface area contributed by atoms with Crippen molar-refractivity contribution in [2.75, 3.05) is 19.5 Å². The predicted octanol–water partition coefficient (Wildman–Crippen LogP) is 3.22. The maximum Gasteiger partial charge on any atom is 0.337 e. The molecule has 0 aliphatic heterocycles. The summed E-state index contributed by atoms with van der Waals surface area (Å²) in [6.45, 7) is 1.96. The second-order valence-corrected chi connectivity index (χ2v) is 5.52. The Morgan fingerprint density at radius 3 is 2.08 bits per heavy atom. The number of esters is 2. The van der Waals surface area contributed by atoms with Gasteiger partial charge in [-0.25, -0.2) is 9.59 Å². The summed E-state index contributed by atoms with van der Waals surface area (Å²) >= 11 is 0. The molecule has 0 unspecified atom stereocenters. The second-order valence-electron chi connectivity index (χ2n) is 5.52. The van der Waals surface area contributed by atoms with E-state index in [1.54, 1.807) is 6.08 Å². The van der Waals surface area contributed by atoms with Crippen molar-refractivity contribution in [2.45, 2.75) is 6.92 Å². The Kier molecular flexibility index (Phi) is 6.27. The maximum absolute atomic E-state index is 12.1. The summed E-state index contributed by atoms with van der Waals surface area (Å²) in [6, 6.07) is 11.9. The lowest BCUT2D eigenvalue weighted by Gasteiger charge is -2.08. The first-order valence-electron chi connectivity index (χ1n) is 7.80. The summed E-state index contributed by atoms with van der Waals surface area (Å²) < 4.78 is 9.33. The molecule has 0 saturated heterocycles. The van der Waals surface area contributed by atoms with Gasteiger partial charge < -0.3 is 14.8 Å². The number of hydrogen-bond acceptors (Lipinski definition) is 5. The van der Waals surface area contributed by atoms with Gasteiger partial charge in [-0.15, -0.1) is 0 Å². The minimum Gasteiger partial charge on any atom is -0.465 e. The molecular weight excluding hydrogens is 334 g/mol. The number of carbonyl (C=O) groups excluding carboxylic acids is 3. The first kappa shape index (κ1) is 18.9. The van der Waals surface area contributed by atoms with E-state index in [9.17, 15) is 14.4 Å². The fourth-order valence-electron chi connectivity index (χ4n) is 2.30. The number of ether oxygens (including phenoxy) is 2. The van der Waals surface area contributed by atoms with Gasteiger partial charge in [-0.1, -0.05) is 29.8 Å². The molecule has 0 aliphatic carbocycles. The average molecular weight is 353 g/mol. The van der Waals surface area contributed by atoms with Crippen LogP contribution in [-0.2, 0) is 14.3 Å². The van der Waals surface area contributed by atoms with Crippen molar-refractivity contribution in [3.63, 3.8) is 0 Å². The molecule has 0 spiro atoms. The lowest BCUT2D eigenvalue weighted by Crippen LogP contribution is -2.12. The molecule has 1 N–H and O–H groups in total. The maximum atomic E-state index is 12.1. The molecule has 1 amide bonds. The highest BCUT2D eigenvalue weighted by atomic mass is 16.5. The zero-order chi connectivity index (χ0) is 19.1. The Bertz CT molecular complexity index is 836. The fourth-order valence-corrected chi connectivity index (χ4v) is 2.30. The van der Waals surface area contributed by atoms with Gasteiger partial charge in [0, 0.05) is 11.8 Å². The number of rotatable bonds is 5. The molecule has 0 radical (unpaired) electrons. The van der Waals surface area contributed by atoms with Crippen molar-refractivity contribution in [2.24, 2.45) is 0 Å². The van der Waals surface area contributed by atoms with Crippen LogP contribution < -0.4 is 5.32 Å². The van der Waals surface area contributed by atoms with Crippen molar-refractivity contribution < 1.29 is 23.9 Å². The predicted molar refractivity (Wildman–Crippen MR) is 98.0 cm³/mol. The molecule has 0 bridgehead atoms.